The molecule has 0 atom stereocenters. The van der Waals surface area contributed by atoms with Gasteiger partial charge in [0.05, 0.1) is 30.0 Å². The van der Waals surface area contributed by atoms with E-state index < -0.39 is 10.1 Å². The van der Waals surface area contributed by atoms with E-state index in [4.69, 9.17) is 9.47 Å². The van der Waals surface area contributed by atoms with Crippen molar-refractivity contribution in [1.29, 1.82) is 0 Å². The Morgan fingerprint density at radius 3 is 1.45 bits per heavy atom. The molecule has 0 aliphatic heterocycles. The van der Waals surface area contributed by atoms with Crippen molar-refractivity contribution in [3.8, 4) is 11.5 Å². The molecule has 0 saturated carbocycles. The van der Waals surface area contributed by atoms with E-state index in [1.807, 2.05) is 60.7 Å². The summed E-state index contributed by atoms with van der Waals surface area (Å²) in [4.78, 5) is 3.69. The lowest BCUT2D eigenvalue weighted by Crippen LogP contribution is -2.05. The molecular formula is C37H30O5S2. The lowest BCUT2D eigenvalue weighted by Gasteiger charge is -2.15. The number of aryl methyl sites for hydroxylation is 1. The van der Waals surface area contributed by atoms with Gasteiger partial charge in [-0.2, -0.15) is 0 Å². The molecule has 0 bridgehead atoms. The van der Waals surface area contributed by atoms with Crippen molar-refractivity contribution in [3.63, 3.8) is 0 Å². The van der Waals surface area contributed by atoms with Crippen LogP contribution in [0, 0.1) is 6.92 Å². The standard InChI is InChI=1S/C21H21O2S.C16H10O3S/c1-16-4-10-19(11-5-16)24(20-12-6-17(22-2)7-13-20)21-14-8-18(23-3)9-15-21;17-20(18,19)14-9-7-12-5-4-10-2-1-3-11-6-8-13(14)16(12)15(10)11/h4-15H,1-3H3;1-9H,(H,17,18,19)/q+1;/p-1. The fraction of sp³-hybridized carbons (Fsp3) is 0.0811. The Morgan fingerprint density at radius 2 is 0.977 bits per heavy atom. The van der Waals surface area contributed by atoms with Gasteiger partial charge < -0.3 is 14.0 Å². The highest BCUT2D eigenvalue weighted by molar-refractivity contribution is 7.97. The Kier molecular flexibility index (Phi) is 8.19. The zero-order valence-corrected chi connectivity index (χ0v) is 26.1. The first-order valence-electron chi connectivity index (χ1n) is 14.0. The third kappa shape index (κ3) is 5.82. The molecule has 7 aromatic carbocycles. The molecule has 44 heavy (non-hydrogen) atoms. The quantitative estimate of drug-likeness (QED) is 0.106. The minimum absolute atomic E-state index is 0.150. The molecule has 7 aromatic rings. The highest BCUT2D eigenvalue weighted by Gasteiger charge is 2.28. The Balaban J connectivity index is 0.000000158. The molecule has 0 unspecified atom stereocenters. The van der Waals surface area contributed by atoms with Crippen LogP contribution in [-0.4, -0.2) is 27.2 Å². The van der Waals surface area contributed by atoms with Crippen LogP contribution in [-0.2, 0) is 21.0 Å². The van der Waals surface area contributed by atoms with Crippen molar-refractivity contribution in [1.82, 2.24) is 0 Å². The van der Waals surface area contributed by atoms with Crippen LogP contribution in [0.4, 0.5) is 0 Å². The number of ether oxygens (including phenoxy) is 2. The Bertz CT molecular complexity index is 2090. The van der Waals surface area contributed by atoms with Crippen molar-refractivity contribution >= 4 is 53.3 Å². The summed E-state index contributed by atoms with van der Waals surface area (Å²) in [7, 11) is -1.25. The number of hydrogen-bond donors (Lipinski definition) is 0. The van der Waals surface area contributed by atoms with Gasteiger partial charge >= 0.3 is 0 Å². The van der Waals surface area contributed by atoms with Crippen LogP contribution in [0.15, 0.2) is 147 Å². The van der Waals surface area contributed by atoms with Gasteiger partial charge in [-0.25, -0.2) is 8.42 Å². The smallest absolute Gasteiger partial charge is 0.166 e. The van der Waals surface area contributed by atoms with E-state index in [1.54, 1.807) is 26.4 Å². The maximum atomic E-state index is 11.4. The van der Waals surface area contributed by atoms with E-state index in [2.05, 4.69) is 55.5 Å². The Hall–Kier alpha value is -4.56. The zero-order chi connectivity index (χ0) is 30.8. The largest absolute Gasteiger partial charge is 0.744 e. The molecule has 0 radical (unpaired) electrons. The van der Waals surface area contributed by atoms with E-state index >= 15 is 0 Å². The van der Waals surface area contributed by atoms with E-state index in [0.717, 1.165) is 38.4 Å². The van der Waals surface area contributed by atoms with Crippen LogP contribution < -0.4 is 9.47 Å². The van der Waals surface area contributed by atoms with Gasteiger partial charge in [-0.05, 0) is 101 Å². The summed E-state index contributed by atoms with van der Waals surface area (Å²) in [5.74, 6) is 1.75. The van der Waals surface area contributed by atoms with Crippen molar-refractivity contribution < 1.29 is 22.4 Å². The van der Waals surface area contributed by atoms with Gasteiger partial charge in [0.2, 0.25) is 0 Å². The first-order chi connectivity index (χ1) is 21.3. The summed E-state index contributed by atoms with van der Waals surface area (Å²) < 4.78 is 44.9. The molecule has 0 spiro atoms. The number of methoxy groups -OCH3 is 2. The molecule has 0 aliphatic rings. The topological polar surface area (TPSA) is 75.7 Å². The average molecular weight is 619 g/mol. The lowest BCUT2D eigenvalue weighted by molar-refractivity contribution is 0.414. The molecule has 0 saturated heterocycles. The van der Waals surface area contributed by atoms with Gasteiger partial charge in [-0.3, -0.25) is 0 Å². The van der Waals surface area contributed by atoms with E-state index in [0.29, 0.717) is 5.39 Å². The van der Waals surface area contributed by atoms with E-state index in [-0.39, 0.29) is 15.8 Å². The first-order valence-corrected chi connectivity index (χ1v) is 16.6. The number of rotatable bonds is 6. The summed E-state index contributed by atoms with van der Waals surface area (Å²) in [6, 6.07) is 42.0. The monoisotopic (exact) mass is 618 g/mol. The fourth-order valence-electron chi connectivity index (χ4n) is 5.43. The minimum atomic E-state index is -4.48. The van der Waals surface area contributed by atoms with Crippen LogP contribution in [0.2, 0.25) is 0 Å². The molecule has 0 aliphatic carbocycles. The van der Waals surface area contributed by atoms with Gasteiger partial charge in [0.25, 0.3) is 0 Å². The maximum absolute atomic E-state index is 11.4. The van der Waals surface area contributed by atoms with Gasteiger partial charge in [0, 0.05) is 5.39 Å². The van der Waals surface area contributed by atoms with Crippen LogP contribution in [0.25, 0.3) is 32.3 Å². The predicted octanol–water partition coefficient (Wildman–Crippen LogP) is 8.60. The molecule has 0 amide bonds. The Morgan fingerprint density at radius 1 is 0.545 bits per heavy atom. The molecule has 0 fully saturated rings. The van der Waals surface area contributed by atoms with Crippen LogP contribution >= 0.6 is 0 Å². The maximum Gasteiger partial charge on any atom is 0.166 e. The summed E-state index contributed by atoms with van der Waals surface area (Å²) in [6.45, 7) is 2.11. The summed E-state index contributed by atoms with van der Waals surface area (Å²) in [5, 5.41) is 5.38. The third-order valence-electron chi connectivity index (χ3n) is 7.60. The third-order valence-corrected chi connectivity index (χ3v) is 10.7. The molecule has 0 N–H and O–H groups in total. The molecule has 220 valence electrons. The second kappa shape index (κ2) is 12.2. The van der Waals surface area contributed by atoms with Gasteiger partial charge in [0.15, 0.2) is 14.7 Å². The molecule has 7 rings (SSSR count). The number of benzene rings is 7. The number of hydrogen-bond acceptors (Lipinski definition) is 5. The Labute approximate surface area is 260 Å². The normalized spacial score (nSPS) is 11.6. The second-order valence-electron chi connectivity index (χ2n) is 10.3. The second-order valence-corrected chi connectivity index (χ2v) is 13.7. The lowest BCUT2D eigenvalue weighted by atomic mass is 9.94. The summed E-state index contributed by atoms with van der Waals surface area (Å²) in [5.41, 5.74) is 1.27. The zero-order valence-electron chi connectivity index (χ0n) is 24.5. The summed E-state index contributed by atoms with van der Waals surface area (Å²) >= 11 is 0. The molecule has 7 heteroatoms. The highest BCUT2D eigenvalue weighted by Crippen LogP contribution is 2.37. The van der Waals surface area contributed by atoms with Gasteiger partial charge in [-0.15, -0.1) is 0 Å². The fourth-order valence-corrected chi connectivity index (χ4v) is 8.15. The van der Waals surface area contributed by atoms with Gasteiger partial charge in [-0.1, -0.05) is 66.2 Å². The van der Waals surface area contributed by atoms with Crippen molar-refractivity contribution in [2.75, 3.05) is 14.2 Å². The van der Waals surface area contributed by atoms with E-state index in [1.165, 1.54) is 26.3 Å². The van der Waals surface area contributed by atoms with Crippen molar-refractivity contribution in [2.24, 2.45) is 0 Å². The van der Waals surface area contributed by atoms with Crippen molar-refractivity contribution in [3.05, 3.63) is 133 Å². The average Bonchev–Trinajstić information content (AvgIpc) is 3.05. The van der Waals surface area contributed by atoms with E-state index in [9.17, 15) is 13.0 Å². The molecule has 0 heterocycles. The van der Waals surface area contributed by atoms with Crippen LogP contribution in [0.1, 0.15) is 5.56 Å². The molecular weight excluding hydrogens is 589 g/mol. The SMILES string of the molecule is COc1ccc([S+](c2ccc(C)cc2)c2ccc(OC)cc2)cc1.O=S(=O)([O-])c1ccc2ccc3cccc4ccc1c2c34. The van der Waals surface area contributed by atoms with Gasteiger partial charge in [0.1, 0.15) is 21.6 Å². The summed E-state index contributed by atoms with van der Waals surface area (Å²) in [6.07, 6.45) is 0. The highest BCUT2D eigenvalue weighted by atomic mass is 32.2. The molecule has 0 aromatic heterocycles. The van der Waals surface area contributed by atoms with Crippen molar-refractivity contribution in [2.45, 2.75) is 26.5 Å². The first kappa shape index (κ1) is 29.5. The minimum Gasteiger partial charge on any atom is -0.744 e. The van der Waals surface area contributed by atoms with Crippen LogP contribution in [0.5, 0.6) is 11.5 Å². The van der Waals surface area contributed by atoms with Crippen LogP contribution in [0.3, 0.4) is 0 Å². The predicted molar refractivity (Wildman–Crippen MR) is 177 cm³/mol. The molecule has 5 nitrogen and oxygen atoms in total.